The van der Waals surface area contributed by atoms with E-state index >= 15 is 0 Å². The fourth-order valence-electron chi connectivity index (χ4n) is 2.52. The van der Waals surface area contributed by atoms with Gasteiger partial charge in [0, 0.05) is 6.07 Å². The molecule has 2 aromatic carbocycles. The van der Waals surface area contributed by atoms with Crippen molar-refractivity contribution in [2.24, 2.45) is 0 Å². The van der Waals surface area contributed by atoms with Gasteiger partial charge in [0.25, 0.3) is 11.8 Å². The average molecular weight is 342 g/mol. The van der Waals surface area contributed by atoms with Crippen LogP contribution in [0.4, 0.5) is 5.69 Å². The van der Waals surface area contributed by atoms with Crippen LogP contribution in [-0.4, -0.2) is 18.4 Å². The van der Waals surface area contributed by atoms with Gasteiger partial charge in [-0.05, 0) is 24.1 Å². The largest absolute Gasteiger partial charge is 0.494 e. The summed E-state index contributed by atoms with van der Waals surface area (Å²) in [5, 5.41) is -0.0638. The molecule has 0 aliphatic carbocycles. The van der Waals surface area contributed by atoms with Crippen LogP contribution in [0.25, 0.3) is 5.57 Å². The molecule has 2 amide bonds. The van der Waals surface area contributed by atoms with Crippen LogP contribution in [0.15, 0.2) is 59.6 Å². The fourth-order valence-corrected chi connectivity index (χ4v) is 2.80. The second-order valence-corrected chi connectivity index (χ2v) is 5.72. The maximum atomic E-state index is 12.8. The summed E-state index contributed by atoms with van der Waals surface area (Å²) in [6.07, 6.45) is 0.872. The van der Waals surface area contributed by atoms with Crippen molar-refractivity contribution in [3.05, 3.63) is 65.2 Å². The standard InChI is InChI=1S/C19H16ClNO3/c1-2-11-24-15-10-6-9-14(12-15)21-18(22)16(17(20)19(21)23)13-7-4-3-5-8-13/h3-10,12H,2,11H2,1H3. The third-order valence-corrected chi connectivity index (χ3v) is 3.99. The van der Waals surface area contributed by atoms with Crippen molar-refractivity contribution in [3.63, 3.8) is 0 Å². The normalized spacial score (nSPS) is 14.5. The Morgan fingerprint density at radius 1 is 1.00 bits per heavy atom. The number of hydrogen-bond acceptors (Lipinski definition) is 3. The lowest BCUT2D eigenvalue weighted by Crippen LogP contribution is -2.31. The molecule has 3 rings (SSSR count). The summed E-state index contributed by atoms with van der Waals surface area (Å²) in [6.45, 7) is 2.58. The first-order valence-electron chi connectivity index (χ1n) is 7.70. The second-order valence-electron chi connectivity index (χ2n) is 5.35. The molecule has 0 N–H and O–H groups in total. The number of carbonyl (C=O) groups is 2. The van der Waals surface area contributed by atoms with E-state index in [0.29, 0.717) is 23.6 Å². The predicted octanol–water partition coefficient (Wildman–Crippen LogP) is 4.00. The average Bonchev–Trinajstić information content (AvgIpc) is 2.83. The highest BCUT2D eigenvalue weighted by Gasteiger charge is 2.39. The zero-order chi connectivity index (χ0) is 17.1. The maximum absolute atomic E-state index is 12.8. The van der Waals surface area contributed by atoms with E-state index in [1.807, 2.05) is 13.0 Å². The lowest BCUT2D eigenvalue weighted by Gasteiger charge is -2.16. The van der Waals surface area contributed by atoms with Crippen molar-refractivity contribution in [1.29, 1.82) is 0 Å². The van der Waals surface area contributed by atoms with Crippen molar-refractivity contribution in [2.45, 2.75) is 13.3 Å². The summed E-state index contributed by atoms with van der Waals surface area (Å²) in [6, 6.07) is 15.8. The van der Waals surface area contributed by atoms with E-state index in [-0.39, 0.29) is 10.6 Å². The first kappa shape index (κ1) is 16.3. The Kier molecular flexibility index (Phi) is 4.67. The lowest BCUT2D eigenvalue weighted by molar-refractivity contribution is -0.119. The number of rotatable bonds is 5. The minimum atomic E-state index is -0.520. The summed E-state index contributed by atoms with van der Waals surface area (Å²) >= 11 is 6.16. The minimum Gasteiger partial charge on any atom is -0.494 e. The van der Waals surface area contributed by atoms with E-state index in [9.17, 15) is 9.59 Å². The van der Waals surface area contributed by atoms with Gasteiger partial charge in [-0.15, -0.1) is 0 Å². The molecule has 2 aromatic rings. The fraction of sp³-hybridized carbons (Fsp3) is 0.158. The smallest absolute Gasteiger partial charge is 0.277 e. The van der Waals surface area contributed by atoms with Gasteiger partial charge in [0.05, 0.1) is 17.9 Å². The van der Waals surface area contributed by atoms with Crippen LogP contribution in [0.5, 0.6) is 5.75 Å². The van der Waals surface area contributed by atoms with Crippen molar-refractivity contribution >= 4 is 34.7 Å². The third kappa shape index (κ3) is 2.93. The van der Waals surface area contributed by atoms with E-state index in [2.05, 4.69) is 0 Å². The van der Waals surface area contributed by atoms with Crippen LogP contribution in [0.3, 0.4) is 0 Å². The van der Waals surface area contributed by atoms with Crippen LogP contribution in [0.1, 0.15) is 18.9 Å². The van der Waals surface area contributed by atoms with Gasteiger partial charge in [-0.3, -0.25) is 9.59 Å². The van der Waals surface area contributed by atoms with Crippen molar-refractivity contribution < 1.29 is 14.3 Å². The van der Waals surface area contributed by atoms with Crippen molar-refractivity contribution in [2.75, 3.05) is 11.5 Å². The minimum absolute atomic E-state index is 0.0638. The number of imide groups is 1. The molecule has 0 bridgehead atoms. The Bertz CT molecular complexity index is 814. The molecule has 0 atom stereocenters. The number of carbonyl (C=O) groups excluding carboxylic acids is 2. The van der Waals surface area contributed by atoms with Crippen molar-refractivity contribution in [1.82, 2.24) is 0 Å². The van der Waals surface area contributed by atoms with Crippen LogP contribution in [-0.2, 0) is 9.59 Å². The lowest BCUT2D eigenvalue weighted by atomic mass is 10.1. The molecule has 0 unspecified atom stereocenters. The zero-order valence-electron chi connectivity index (χ0n) is 13.2. The molecule has 4 nitrogen and oxygen atoms in total. The molecular weight excluding hydrogens is 326 g/mol. The molecule has 0 saturated carbocycles. The Morgan fingerprint density at radius 3 is 2.46 bits per heavy atom. The molecule has 0 fully saturated rings. The SMILES string of the molecule is CCCOc1cccc(N2C(=O)C(Cl)=C(c3ccccc3)C2=O)c1. The van der Waals surface area contributed by atoms with Gasteiger partial charge in [0.1, 0.15) is 10.8 Å². The highest BCUT2D eigenvalue weighted by atomic mass is 35.5. The quantitative estimate of drug-likeness (QED) is 0.772. The van der Waals surface area contributed by atoms with Gasteiger partial charge in [-0.1, -0.05) is 54.9 Å². The summed E-state index contributed by atoms with van der Waals surface area (Å²) in [5.41, 5.74) is 1.30. The molecule has 0 aromatic heterocycles. The molecule has 0 radical (unpaired) electrons. The Hall–Kier alpha value is -2.59. The monoisotopic (exact) mass is 341 g/mol. The van der Waals surface area contributed by atoms with Crippen LogP contribution in [0.2, 0.25) is 0 Å². The highest BCUT2D eigenvalue weighted by molar-refractivity contribution is 6.60. The summed E-state index contributed by atoms with van der Waals surface area (Å²) < 4.78 is 5.57. The molecule has 0 saturated heterocycles. The number of benzene rings is 2. The predicted molar refractivity (Wildman–Crippen MR) is 93.9 cm³/mol. The number of ether oxygens (including phenoxy) is 1. The molecule has 5 heteroatoms. The topological polar surface area (TPSA) is 46.6 Å². The summed E-state index contributed by atoms with van der Waals surface area (Å²) in [4.78, 5) is 26.4. The van der Waals surface area contributed by atoms with E-state index < -0.39 is 11.8 Å². The van der Waals surface area contributed by atoms with Gasteiger partial charge >= 0.3 is 0 Å². The molecule has 122 valence electrons. The van der Waals surface area contributed by atoms with E-state index in [4.69, 9.17) is 16.3 Å². The Balaban J connectivity index is 1.95. The maximum Gasteiger partial charge on any atom is 0.277 e. The highest BCUT2D eigenvalue weighted by Crippen LogP contribution is 2.35. The van der Waals surface area contributed by atoms with Crippen LogP contribution < -0.4 is 9.64 Å². The first-order valence-corrected chi connectivity index (χ1v) is 8.08. The number of anilines is 1. The van der Waals surface area contributed by atoms with Crippen molar-refractivity contribution in [3.8, 4) is 5.75 Å². The van der Waals surface area contributed by atoms with Crippen LogP contribution >= 0.6 is 11.6 Å². The number of amides is 2. The van der Waals surface area contributed by atoms with Crippen LogP contribution in [0, 0.1) is 0 Å². The van der Waals surface area contributed by atoms with Gasteiger partial charge in [-0.25, -0.2) is 4.90 Å². The Labute approximate surface area is 145 Å². The van der Waals surface area contributed by atoms with E-state index in [0.717, 1.165) is 11.3 Å². The van der Waals surface area contributed by atoms with Gasteiger partial charge < -0.3 is 4.74 Å². The van der Waals surface area contributed by atoms with E-state index in [1.54, 1.807) is 48.5 Å². The first-order chi connectivity index (χ1) is 11.6. The molecule has 0 spiro atoms. The zero-order valence-corrected chi connectivity index (χ0v) is 13.9. The molecule has 24 heavy (non-hydrogen) atoms. The molecule has 1 aliphatic heterocycles. The second kappa shape index (κ2) is 6.89. The van der Waals surface area contributed by atoms with E-state index in [1.165, 1.54) is 0 Å². The number of nitrogens with zero attached hydrogens (tertiary/aromatic N) is 1. The molecule has 1 aliphatic rings. The third-order valence-electron chi connectivity index (χ3n) is 3.64. The Morgan fingerprint density at radius 2 is 1.75 bits per heavy atom. The van der Waals surface area contributed by atoms with Gasteiger partial charge in [-0.2, -0.15) is 0 Å². The molecule has 1 heterocycles. The van der Waals surface area contributed by atoms with Gasteiger partial charge in [0.2, 0.25) is 0 Å². The van der Waals surface area contributed by atoms with Gasteiger partial charge in [0.15, 0.2) is 0 Å². The summed E-state index contributed by atoms with van der Waals surface area (Å²) in [7, 11) is 0. The number of halogens is 1. The summed E-state index contributed by atoms with van der Waals surface area (Å²) in [5.74, 6) is -0.337. The molecular formula is C19H16ClNO3. The number of hydrogen-bond donors (Lipinski definition) is 0.